The van der Waals surface area contributed by atoms with Crippen molar-refractivity contribution in [2.45, 2.75) is 13.2 Å². The van der Waals surface area contributed by atoms with E-state index < -0.39 is 14.7 Å². The van der Waals surface area contributed by atoms with Crippen LogP contribution in [0.15, 0.2) is 109 Å². The smallest absolute Gasteiger partial charge is 0.169 e. The quantitative estimate of drug-likeness (QED) is 0.342. The lowest BCUT2D eigenvalue weighted by atomic mass is 10.2. The Morgan fingerprint density at radius 3 is 1.22 bits per heavy atom. The molecule has 4 aromatic carbocycles. The third-order valence-electron chi connectivity index (χ3n) is 5.10. The molecule has 0 saturated carbocycles. The SMILES string of the molecule is [BH3-][P+]1(c2ccccc2)OCc2ccccc21.[BH3-][P+]1(c2ccccc2)OCc2ccccc21. The summed E-state index contributed by atoms with van der Waals surface area (Å²) in [5, 5.41) is 5.92. The Morgan fingerprint density at radius 1 is 0.469 bits per heavy atom. The number of benzene rings is 4. The van der Waals surface area contributed by atoms with Crippen LogP contribution in [0.4, 0.5) is 0 Å². The first-order valence-corrected chi connectivity index (χ1v) is 12.5. The van der Waals surface area contributed by atoms with Crippen LogP contribution in [0.25, 0.3) is 0 Å². The molecule has 0 bridgehead atoms. The zero-order valence-corrected chi connectivity index (χ0v) is 18.3. The molecule has 0 N–H and O–H groups in total. The van der Waals surface area contributed by atoms with E-state index in [4.69, 9.17) is 9.05 Å². The molecule has 2 aliphatic rings. The highest BCUT2D eigenvalue weighted by Gasteiger charge is 2.40. The second-order valence-electron chi connectivity index (χ2n) is 7.06. The van der Waals surface area contributed by atoms with Crippen molar-refractivity contribution in [2.75, 3.05) is 0 Å². The summed E-state index contributed by atoms with van der Waals surface area (Å²) in [7, 11) is -2.33. The summed E-state index contributed by atoms with van der Waals surface area (Å²) < 4.78 is 12.4. The van der Waals surface area contributed by atoms with Crippen LogP contribution in [-0.4, -0.2) is 15.1 Å². The van der Waals surface area contributed by atoms with Crippen LogP contribution in [0.3, 0.4) is 0 Å². The van der Waals surface area contributed by atoms with Gasteiger partial charge in [-0.15, -0.1) is 0 Å². The lowest BCUT2D eigenvalue weighted by Gasteiger charge is -2.22. The van der Waals surface area contributed by atoms with Crippen LogP contribution in [-0.2, 0) is 22.3 Å². The van der Waals surface area contributed by atoms with E-state index in [1.54, 1.807) is 0 Å². The van der Waals surface area contributed by atoms with Crippen LogP contribution in [0.1, 0.15) is 11.1 Å². The largest absolute Gasteiger partial charge is 0.270 e. The van der Waals surface area contributed by atoms with Crippen molar-refractivity contribution in [2.24, 2.45) is 0 Å². The minimum absolute atomic E-state index is 0.147. The van der Waals surface area contributed by atoms with Crippen molar-refractivity contribution in [3.8, 4) is 0 Å². The molecule has 2 nitrogen and oxygen atoms in total. The molecule has 0 saturated heterocycles. The Hall–Kier alpha value is -2.21. The fourth-order valence-electron chi connectivity index (χ4n) is 3.62. The molecular formula is C26H28B2O2P2. The molecule has 2 heterocycles. The second-order valence-corrected chi connectivity index (χ2v) is 10.8. The Kier molecular flexibility index (Phi) is 6.06. The minimum atomic E-state index is -1.31. The molecule has 160 valence electrons. The van der Waals surface area contributed by atoms with Gasteiger partial charge in [0.15, 0.2) is 15.1 Å². The molecule has 0 aliphatic carbocycles. The predicted molar refractivity (Wildman–Crippen MR) is 148 cm³/mol. The zero-order chi connectivity index (χ0) is 22.0. The first kappa shape index (κ1) is 21.6. The lowest BCUT2D eigenvalue weighted by molar-refractivity contribution is 0.360. The van der Waals surface area contributed by atoms with Gasteiger partial charge in [-0.2, -0.15) is 0 Å². The highest BCUT2D eigenvalue weighted by atomic mass is 31.2. The average molecular weight is 456 g/mol. The summed E-state index contributed by atoms with van der Waals surface area (Å²) in [6.07, 6.45) is 0. The maximum absolute atomic E-state index is 6.22. The number of hydrogen-bond donors (Lipinski definition) is 0. The van der Waals surface area contributed by atoms with Crippen LogP contribution in [0.5, 0.6) is 0 Å². The van der Waals surface area contributed by atoms with Gasteiger partial charge in [0, 0.05) is 25.9 Å². The molecule has 32 heavy (non-hydrogen) atoms. The van der Waals surface area contributed by atoms with Gasteiger partial charge in [-0.3, -0.25) is 9.05 Å². The van der Waals surface area contributed by atoms with Crippen molar-refractivity contribution in [1.82, 2.24) is 0 Å². The monoisotopic (exact) mass is 456 g/mol. The van der Waals surface area contributed by atoms with E-state index >= 15 is 0 Å². The number of fused-ring (bicyclic) bond motifs is 2. The van der Waals surface area contributed by atoms with Gasteiger partial charge in [-0.25, -0.2) is 0 Å². The second kappa shape index (κ2) is 8.97. The van der Waals surface area contributed by atoms with Gasteiger partial charge in [0.2, 0.25) is 0 Å². The van der Waals surface area contributed by atoms with Crippen molar-refractivity contribution < 1.29 is 9.05 Å². The molecule has 0 amide bonds. The molecule has 2 aliphatic heterocycles. The molecule has 6 heteroatoms. The lowest BCUT2D eigenvalue weighted by Crippen LogP contribution is -2.20. The molecule has 4 aromatic rings. The van der Waals surface area contributed by atoms with Crippen LogP contribution in [0.2, 0.25) is 0 Å². The Morgan fingerprint density at radius 2 is 0.812 bits per heavy atom. The van der Waals surface area contributed by atoms with E-state index in [9.17, 15) is 0 Å². The standard InChI is InChI=1S/2C13H14BOP/c2*14-16(12-7-2-1-3-8-12)13-9-5-4-6-11(13)10-15-16/h2*1-9H,10H2,14H3. The van der Waals surface area contributed by atoms with Gasteiger partial charge in [-0.05, 0) is 36.4 Å². The normalized spacial score (nSPS) is 23.1. The number of rotatable bonds is 2. The summed E-state index contributed by atoms with van der Waals surface area (Å²) in [5.74, 6) is 0. The van der Waals surface area contributed by atoms with Gasteiger partial charge < -0.3 is 0 Å². The topological polar surface area (TPSA) is 18.5 Å². The van der Waals surface area contributed by atoms with Crippen LogP contribution >= 0.6 is 14.7 Å². The van der Waals surface area contributed by atoms with Gasteiger partial charge in [0.05, 0.1) is 21.2 Å². The molecule has 0 spiro atoms. The van der Waals surface area contributed by atoms with Crippen molar-refractivity contribution in [1.29, 1.82) is 0 Å². The van der Waals surface area contributed by atoms with Gasteiger partial charge in [0.25, 0.3) is 0 Å². The summed E-state index contributed by atoms with van der Waals surface area (Å²) in [5.41, 5.74) is 2.82. The zero-order valence-electron chi connectivity index (χ0n) is 16.5. The van der Waals surface area contributed by atoms with Crippen molar-refractivity contribution >= 4 is 51.1 Å². The first-order valence-electron chi connectivity index (χ1n) is 10.0. The van der Waals surface area contributed by atoms with E-state index in [1.807, 2.05) is 0 Å². The third kappa shape index (κ3) is 3.87. The fourth-order valence-corrected chi connectivity index (χ4v) is 7.42. The summed E-state index contributed by atoms with van der Waals surface area (Å²) in [6.45, 7) is 1.64. The molecule has 0 aromatic heterocycles. The Labute approximate surface area is 193 Å². The highest BCUT2D eigenvalue weighted by molar-refractivity contribution is 8.05. The van der Waals surface area contributed by atoms with E-state index in [0.717, 1.165) is 13.2 Å². The minimum Gasteiger partial charge on any atom is -0.270 e. The van der Waals surface area contributed by atoms with Crippen molar-refractivity contribution in [3.05, 3.63) is 120 Å². The van der Waals surface area contributed by atoms with Crippen LogP contribution in [0, 0.1) is 0 Å². The Balaban J connectivity index is 0.000000135. The molecule has 0 radical (unpaired) electrons. The summed E-state index contributed by atoms with van der Waals surface area (Å²) >= 11 is 0. The third-order valence-corrected chi connectivity index (χ3v) is 9.16. The van der Waals surface area contributed by atoms with Crippen LogP contribution < -0.4 is 21.2 Å². The summed E-state index contributed by atoms with van der Waals surface area (Å²) in [4.78, 5) is 0. The average Bonchev–Trinajstić information content (AvgIpc) is 3.40. The molecule has 2 atom stereocenters. The maximum atomic E-state index is 6.22. The predicted octanol–water partition coefficient (Wildman–Crippen LogP) is 2.76. The first-order chi connectivity index (χ1) is 15.6. The molecular weight excluding hydrogens is 428 g/mol. The maximum Gasteiger partial charge on any atom is 0.169 e. The molecule has 2 unspecified atom stereocenters. The van der Waals surface area contributed by atoms with E-state index in [0.29, 0.717) is 0 Å². The molecule has 0 fully saturated rings. The van der Waals surface area contributed by atoms with Gasteiger partial charge in [-0.1, -0.05) is 72.8 Å². The molecule has 6 rings (SSSR count). The van der Waals surface area contributed by atoms with Gasteiger partial charge in [0.1, 0.15) is 13.2 Å². The van der Waals surface area contributed by atoms with E-state index in [1.165, 1.54) is 32.3 Å². The Bertz CT molecular complexity index is 1130. The van der Waals surface area contributed by atoms with Crippen molar-refractivity contribution in [3.63, 3.8) is 0 Å². The number of hydrogen-bond acceptors (Lipinski definition) is 2. The van der Waals surface area contributed by atoms with E-state index in [2.05, 4.69) is 109 Å². The van der Waals surface area contributed by atoms with E-state index in [-0.39, 0.29) is 15.1 Å². The summed E-state index contributed by atoms with van der Waals surface area (Å²) in [6, 6.07) is 39.1. The highest BCUT2D eigenvalue weighted by Crippen LogP contribution is 2.58. The fraction of sp³-hybridized carbons (Fsp3) is 0.0769. The van der Waals surface area contributed by atoms with Gasteiger partial charge >= 0.3 is 0 Å².